The van der Waals surface area contributed by atoms with Gasteiger partial charge in [-0.05, 0) is 77.0 Å². The van der Waals surface area contributed by atoms with Crippen molar-refractivity contribution < 1.29 is 42.1 Å². The number of phosphoric ester groups is 1. The SMILES string of the molecule is CC/C=C/C=C/C=C/C=C/CCCCCCCC(=O)O[C@H](COC(=O)CCCCC/C=C/C/C=C/C/C=C/C/C=C/CCCCC)COP(=O)([O-])OCC[N+](C)(C)C. The summed E-state index contributed by atoms with van der Waals surface area (Å²) < 4.78 is 33.8. The number of likely N-dealkylation sites (N-methyl/N-ethyl adjacent to an activating group) is 1. The predicted octanol–water partition coefficient (Wildman–Crippen LogP) is 11.9. The molecule has 330 valence electrons. The number of quaternary nitrogens is 1. The average Bonchev–Trinajstić information content (AvgIpc) is 3.17. The van der Waals surface area contributed by atoms with Gasteiger partial charge in [-0.1, -0.05) is 150 Å². The van der Waals surface area contributed by atoms with Crippen molar-refractivity contribution in [3.8, 4) is 0 Å². The van der Waals surface area contributed by atoms with Crippen LogP contribution in [0.25, 0.3) is 0 Å². The van der Waals surface area contributed by atoms with E-state index in [2.05, 4.69) is 80.7 Å². The summed E-state index contributed by atoms with van der Waals surface area (Å²) in [6.45, 7) is 3.96. The van der Waals surface area contributed by atoms with E-state index in [1.807, 2.05) is 51.5 Å². The second-order valence-electron chi connectivity index (χ2n) is 15.4. The largest absolute Gasteiger partial charge is 0.756 e. The lowest BCUT2D eigenvalue weighted by Crippen LogP contribution is -2.37. The normalized spacial score (nSPS) is 14.5. The molecule has 1 unspecified atom stereocenters. The highest BCUT2D eigenvalue weighted by Crippen LogP contribution is 2.38. The van der Waals surface area contributed by atoms with Crippen molar-refractivity contribution in [2.75, 3.05) is 47.5 Å². The molecule has 0 bridgehead atoms. The third-order valence-corrected chi connectivity index (χ3v) is 9.65. The third-order valence-electron chi connectivity index (χ3n) is 8.68. The lowest BCUT2D eigenvalue weighted by Gasteiger charge is -2.28. The molecule has 0 aromatic carbocycles. The Morgan fingerprint density at radius 2 is 1.05 bits per heavy atom. The molecule has 0 heterocycles. The Hall–Kier alpha value is -3.07. The van der Waals surface area contributed by atoms with Gasteiger partial charge in [0.15, 0.2) is 6.10 Å². The predicted molar refractivity (Wildman–Crippen MR) is 240 cm³/mol. The molecule has 0 spiro atoms. The van der Waals surface area contributed by atoms with Gasteiger partial charge in [-0.3, -0.25) is 14.2 Å². The van der Waals surface area contributed by atoms with Gasteiger partial charge < -0.3 is 27.9 Å². The van der Waals surface area contributed by atoms with Crippen molar-refractivity contribution in [1.29, 1.82) is 0 Å². The minimum atomic E-state index is -4.65. The van der Waals surface area contributed by atoms with Crippen molar-refractivity contribution in [3.05, 3.63) is 97.2 Å². The Morgan fingerprint density at radius 1 is 0.569 bits per heavy atom. The van der Waals surface area contributed by atoms with Crippen molar-refractivity contribution in [3.63, 3.8) is 0 Å². The number of ether oxygens (including phenoxy) is 2. The molecule has 0 aromatic heterocycles. The topological polar surface area (TPSA) is 111 Å². The molecule has 0 aliphatic carbocycles. The summed E-state index contributed by atoms with van der Waals surface area (Å²) in [7, 11) is 1.11. The van der Waals surface area contributed by atoms with Gasteiger partial charge in [-0.25, -0.2) is 0 Å². The van der Waals surface area contributed by atoms with Gasteiger partial charge in [-0.2, -0.15) is 0 Å². The molecule has 0 N–H and O–H groups in total. The molecule has 0 rings (SSSR count). The van der Waals surface area contributed by atoms with Crippen molar-refractivity contribution in [2.24, 2.45) is 0 Å². The molecule has 2 atom stereocenters. The minimum absolute atomic E-state index is 0.0474. The number of carbonyl (C=O) groups is 2. The number of allylic oxidation sites excluding steroid dienone is 16. The van der Waals surface area contributed by atoms with Gasteiger partial charge in [0.1, 0.15) is 19.8 Å². The van der Waals surface area contributed by atoms with E-state index >= 15 is 0 Å². The third kappa shape index (κ3) is 42.5. The Morgan fingerprint density at radius 3 is 1.64 bits per heavy atom. The molecule has 9 nitrogen and oxygen atoms in total. The molecule has 0 aliphatic heterocycles. The van der Waals surface area contributed by atoms with Crippen LogP contribution in [0.2, 0.25) is 0 Å². The molecular formula is C48H80NO8P. The van der Waals surface area contributed by atoms with Crippen LogP contribution in [0.4, 0.5) is 0 Å². The molecule has 10 heteroatoms. The second kappa shape index (κ2) is 39.4. The van der Waals surface area contributed by atoms with Crippen molar-refractivity contribution >= 4 is 19.8 Å². The Labute approximate surface area is 353 Å². The smallest absolute Gasteiger partial charge is 0.306 e. The summed E-state index contributed by atoms with van der Waals surface area (Å²) in [6.07, 6.45) is 51.5. The van der Waals surface area contributed by atoms with Crippen LogP contribution in [0.15, 0.2) is 97.2 Å². The van der Waals surface area contributed by atoms with Crippen LogP contribution in [0.1, 0.15) is 142 Å². The van der Waals surface area contributed by atoms with Gasteiger partial charge in [-0.15, -0.1) is 0 Å². The molecule has 0 aliphatic rings. The van der Waals surface area contributed by atoms with E-state index in [-0.39, 0.29) is 26.1 Å². The maximum Gasteiger partial charge on any atom is 0.306 e. The molecule has 0 saturated heterocycles. The Balaban J connectivity index is 4.48. The van der Waals surface area contributed by atoms with Crippen molar-refractivity contribution in [2.45, 2.75) is 148 Å². The second-order valence-corrected chi connectivity index (χ2v) is 16.8. The number of nitrogens with zero attached hydrogens (tertiary/aromatic N) is 1. The summed E-state index contributed by atoms with van der Waals surface area (Å²) in [4.78, 5) is 37.5. The molecule has 0 amide bonds. The van der Waals surface area contributed by atoms with Crippen LogP contribution in [-0.2, 0) is 32.7 Å². The molecule has 0 aromatic rings. The van der Waals surface area contributed by atoms with Crippen LogP contribution in [0, 0.1) is 0 Å². The first-order valence-corrected chi connectivity index (χ1v) is 23.5. The van der Waals surface area contributed by atoms with E-state index < -0.39 is 32.5 Å². The number of rotatable bonds is 38. The first kappa shape index (κ1) is 54.9. The van der Waals surface area contributed by atoms with Crippen molar-refractivity contribution in [1.82, 2.24) is 0 Å². The zero-order valence-electron chi connectivity index (χ0n) is 36.9. The lowest BCUT2D eigenvalue weighted by atomic mass is 10.1. The number of hydrogen-bond acceptors (Lipinski definition) is 8. The molecule has 0 fully saturated rings. The van der Waals surface area contributed by atoms with Gasteiger partial charge in [0, 0.05) is 12.8 Å². The van der Waals surface area contributed by atoms with Gasteiger partial charge in [0.25, 0.3) is 7.82 Å². The summed E-state index contributed by atoms with van der Waals surface area (Å²) in [5.74, 6) is -0.909. The maximum absolute atomic E-state index is 12.7. The first-order valence-electron chi connectivity index (χ1n) is 22.0. The van der Waals surface area contributed by atoms with Gasteiger partial charge >= 0.3 is 11.9 Å². The summed E-state index contributed by atoms with van der Waals surface area (Å²) >= 11 is 0. The number of hydrogen-bond donors (Lipinski definition) is 0. The highest BCUT2D eigenvalue weighted by molar-refractivity contribution is 7.45. The number of carbonyl (C=O) groups excluding carboxylic acids is 2. The summed E-state index contributed by atoms with van der Waals surface area (Å²) in [6, 6.07) is 0. The number of unbranched alkanes of at least 4 members (excludes halogenated alkanes) is 11. The standard InChI is InChI=1S/C48H80NO8P/c1-6-8-10-12-14-16-18-20-22-23-24-25-27-28-30-32-34-36-38-40-47(50)54-44-46(45-56-58(52,53)55-43-42-49(3,4)5)57-48(51)41-39-37-35-33-31-29-26-21-19-17-15-13-11-9-7-2/h9,11,13-17,19-22,24-26,28,30,46H,6-8,10,12,18,23,27,29,31-45H2,1-5H3/b11-9+,15-13+,16-14+,19-17+,22-20+,25-24+,26-21+,30-28+/t46-/m1/s1. The zero-order chi connectivity index (χ0) is 42.8. The number of esters is 2. The summed E-state index contributed by atoms with van der Waals surface area (Å²) in [5, 5.41) is 0. The van der Waals surface area contributed by atoms with E-state index in [1.165, 1.54) is 25.7 Å². The average molecular weight is 830 g/mol. The fourth-order valence-corrected chi connectivity index (χ4v) is 5.96. The van der Waals surface area contributed by atoms with Crippen LogP contribution in [0.3, 0.4) is 0 Å². The van der Waals surface area contributed by atoms with Crippen LogP contribution < -0.4 is 4.89 Å². The minimum Gasteiger partial charge on any atom is -0.756 e. The quantitative estimate of drug-likeness (QED) is 0.0151. The highest BCUT2D eigenvalue weighted by Gasteiger charge is 2.21. The van der Waals surface area contributed by atoms with Crippen LogP contribution in [-0.4, -0.2) is 70.0 Å². The van der Waals surface area contributed by atoms with E-state index in [0.717, 1.165) is 77.0 Å². The molecular weight excluding hydrogens is 750 g/mol. The first-order chi connectivity index (χ1) is 28.0. The molecule has 0 radical (unpaired) electrons. The van der Waals surface area contributed by atoms with E-state index in [1.54, 1.807) is 0 Å². The summed E-state index contributed by atoms with van der Waals surface area (Å²) in [5.41, 5.74) is 0. The van der Waals surface area contributed by atoms with Crippen LogP contribution in [0.5, 0.6) is 0 Å². The maximum atomic E-state index is 12.7. The van der Waals surface area contributed by atoms with Crippen LogP contribution >= 0.6 is 7.82 Å². The van der Waals surface area contributed by atoms with E-state index in [4.69, 9.17) is 18.5 Å². The fourth-order valence-electron chi connectivity index (χ4n) is 5.23. The zero-order valence-corrected chi connectivity index (χ0v) is 37.8. The van der Waals surface area contributed by atoms with Gasteiger partial charge in [0.05, 0.1) is 27.7 Å². The monoisotopic (exact) mass is 830 g/mol. The Bertz CT molecular complexity index is 1300. The van der Waals surface area contributed by atoms with E-state index in [9.17, 15) is 19.0 Å². The Kier molecular flexibility index (Phi) is 37.3. The van der Waals surface area contributed by atoms with E-state index in [0.29, 0.717) is 23.9 Å². The lowest BCUT2D eigenvalue weighted by molar-refractivity contribution is -0.870. The fraction of sp³-hybridized carbons (Fsp3) is 0.625. The molecule has 0 saturated carbocycles. The number of phosphoric acid groups is 1. The molecule has 58 heavy (non-hydrogen) atoms. The highest BCUT2D eigenvalue weighted by atomic mass is 31.2. The van der Waals surface area contributed by atoms with Gasteiger partial charge in [0.2, 0.25) is 0 Å².